The summed E-state index contributed by atoms with van der Waals surface area (Å²) in [6.07, 6.45) is 6.27. The highest BCUT2D eigenvalue weighted by atomic mass is 32.2. The molecule has 0 N–H and O–H groups in total. The molecule has 0 aliphatic carbocycles. The largest absolute Gasteiger partial charge is 0.496 e. The molecule has 1 aromatic heterocycles. The molecule has 0 amide bonds. The minimum atomic E-state index is 0.0474. The summed E-state index contributed by atoms with van der Waals surface area (Å²) in [7, 11) is 1.69. The topological polar surface area (TPSA) is 22.3 Å². The Balaban J connectivity index is 1.45. The fraction of sp³-hybridized carbons (Fsp3) is 0.136. The number of pyridine rings is 1. The zero-order valence-electron chi connectivity index (χ0n) is 14.5. The van der Waals surface area contributed by atoms with Gasteiger partial charge in [0, 0.05) is 17.7 Å². The standard InChI is InChI=1S/C22H20NO2S/c1-24-20-7-3-2-6-18(20)12-9-17-10-13-19(14-11-17)25-21-16-26-22-8-4-5-15-23(21)22/h2-15,21H,16H2,1H3/q+1/b12-9+. The SMILES string of the molecule is COc1ccccc1/C=C/c1ccc(OC2CSc3cccc[n+]32)cc1. The van der Waals surface area contributed by atoms with Gasteiger partial charge in [0.25, 0.3) is 0 Å². The van der Waals surface area contributed by atoms with E-state index in [-0.39, 0.29) is 6.23 Å². The monoisotopic (exact) mass is 362 g/mol. The molecule has 0 bridgehead atoms. The maximum atomic E-state index is 6.15. The van der Waals surface area contributed by atoms with Gasteiger partial charge in [0.15, 0.2) is 6.20 Å². The van der Waals surface area contributed by atoms with Crippen molar-refractivity contribution in [2.75, 3.05) is 12.9 Å². The predicted molar refractivity (Wildman–Crippen MR) is 105 cm³/mol. The molecule has 130 valence electrons. The molecule has 0 radical (unpaired) electrons. The summed E-state index contributed by atoms with van der Waals surface area (Å²) in [5.41, 5.74) is 2.18. The van der Waals surface area contributed by atoms with Crippen molar-refractivity contribution in [3.05, 3.63) is 84.1 Å². The van der Waals surface area contributed by atoms with Crippen LogP contribution in [-0.4, -0.2) is 12.9 Å². The van der Waals surface area contributed by atoms with Gasteiger partial charge in [0.2, 0.25) is 5.03 Å². The molecule has 3 nitrogen and oxygen atoms in total. The van der Waals surface area contributed by atoms with E-state index in [1.54, 1.807) is 7.11 Å². The highest BCUT2D eigenvalue weighted by molar-refractivity contribution is 7.99. The van der Waals surface area contributed by atoms with E-state index in [1.165, 1.54) is 5.03 Å². The zero-order valence-corrected chi connectivity index (χ0v) is 15.4. The second kappa shape index (κ2) is 7.67. The molecular weight excluding hydrogens is 342 g/mol. The lowest BCUT2D eigenvalue weighted by molar-refractivity contribution is -0.775. The molecule has 26 heavy (non-hydrogen) atoms. The number of fused-ring (bicyclic) bond motifs is 1. The number of ether oxygens (including phenoxy) is 2. The highest BCUT2D eigenvalue weighted by Crippen LogP contribution is 2.28. The fourth-order valence-electron chi connectivity index (χ4n) is 2.93. The summed E-state index contributed by atoms with van der Waals surface area (Å²) in [5.74, 6) is 2.69. The van der Waals surface area contributed by atoms with E-state index in [2.05, 4.69) is 47.2 Å². The lowest BCUT2D eigenvalue weighted by atomic mass is 10.1. The quantitative estimate of drug-likeness (QED) is 0.479. The van der Waals surface area contributed by atoms with Crippen molar-refractivity contribution in [3.63, 3.8) is 0 Å². The number of hydrogen-bond donors (Lipinski definition) is 0. The first-order valence-corrected chi connectivity index (χ1v) is 9.53. The van der Waals surface area contributed by atoms with Gasteiger partial charge in [-0.2, -0.15) is 4.57 Å². The third kappa shape index (κ3) is 3.60. The average molecular weight is 362 g/mol. The van der Waals surface area contributed by atoms with Gasteiger partial charge in [0.05, 0.1) is 7.11 Å². The van der Waals surface area contributed by atoms with Crippen LogP contribution in [0, 0.1) is 0 Å². The normalized spacial score (nSPS) is 15.8. The third-order valence-electron chi connectivity index (χ3n) is 4.28. The molecule has 1 unspecified atom stereocenters. The Kier molecular flexibility index (Phi) is 4.93. The summed E-state index contributed by atoms with van der Waals surface area (Å²) >= 11 is 1.82. The van der Waals surface area contributed by atoms with E-state index in [9.17, 15) is 0 Å². The van der Waals surface area contributed by atoms with Crippen LogP contribution in [0.15, 0.2) is 78.0 Å². The van der Waals surface area contributed by atoms with Gasteiger partial charge >= 0.3 is 6.23 Å². The van der Waals surface area contributed by atoms with E-state index in [1.807, 2.05) is 54.2 Å². The van der Waals surface area contributed by atoms with Crippen LogP contribution in [0.3, 0.4) is 0 Å². The molecule has 0 saturated heterocycles. The van der Waals surface area contributed by atoms with E-state index >= 15 is 0 Å². The Morgan fingerprint density at radius 2 is 1.77 bits per heavy atom. The summed E-state index contributed by atoms with van der Waals surface area (Å²) in [4.78, 5) is 0. The minimum Gasteiger partial charge on any atom is -0.496 e. The second-order valence-electron chi connectivity index (χ2n) is 5.97. The van der Waals surface area contributed by atoms with E-state index in [4.69, 9.17) is 9.47 Å². The minimum absolute atomic E-state index is 0.0474. The van der Waals surface area contributed by atoms with Crippen molar-refractivity contribution < 1.29 is 14.0 Å². The number of nitrogens with zero attached hydrogens (tertiary/aromatic N) is 1. The third-order valence-corrected chi connectivity index (χ3v) is 5.38. The highest BCUT2D eigenvalue weighted by Gasteiger charge is 2.32. The molecule has 4 rings (SSSR count). The maximum Gasteiger partial charge on any atom is 0.312 e. The Morgan fingerprint density at radius 1 is 0.962 bits per heavy atom. The summed E-state index contributed by atoms with van der Waals surface area (Å²) in [6, 6.07) is 22.4. The number of thioether (sulfide) groups is 1. The Morgan fingerprint density at radius 3 is 2.62 bits per heavy atom. The predicted octanol–water partition coefficient (Wildman–Crippen LogP) is 4.84. The summed E-state index contributed by atoms with van der Waals surface area (Å²) in [6.45, 7) is 0. The van der Waals surface area contributed by atoms with Crippen molar-refractivity contribution in [2.24, 2.45) is 0 Å². The number of methoxy groups -OCH3 is 1. The molecule has 1 aliphatic heterocycles. The van der Waals surface area contributed by atoms with Gasteiger partial charge in [-0.3, -0.25) is 0 Å². The molecule has 0 spiro atoms. The van der Waals surface area contributed by atoms with E-state index < -0.39 is 0 Å². The Labute approximate surface area is 157 Å². The van der Waals surface area contributed by atoms with E-state index in [0.29, 0.717) is 0 Å². The number of benzene rings is 2. The second-order valence-corrected chi connectivity index (χ2v) is 7.01. The maximum absolute atomic E-state index is 6.15. The molecule has 2 heterocycles. The molecule has 1 atom stereocenters. The van der Waals surface area contributed by atoms with Gasteiger partial charge < -0.3 is 9.47 Å². The first-order chi connectivity index (χ1) is 12.8. The molecule has 0 fully saturated rings. The van der Waals surface area contributed by atoms with Crippen molar-refractivity contribution in [1.82, 2.24) is 0 Å². The van der Waals surface area contributed by atoms with Crippen LogP contribution in [0.5, 0.6) is 11.5 Å². The summed E-state index contributed by atoms with van der Waals surface area (Å²) < 4.78 is 13.7. The number of hydrogen-bond acceptors (Lipinski definition) is 3. The molecular formula is C22H20NO2S+. The van der Waals surface area contributed by atoms with Crippen molar-refractivity contribution in [1.29, 1.82) is 0 Å². The lowest BCUT2D eigenvalue weighted by Crippen LogP contribution is -2.41. The summed E-state index contributed by atoms with van der Waals surface area (Å²) in [5, 5.41) is 1.24. The fourth-order valence-corrected chi connectivity index (χ4v) is 3.98. The van der Waals surface area contributed by atoms with Gasteiger partial charge in [-0.05, 0) is 41.6 Å². The first-order valence-electron chi connectivity index (χ1n) is 8.54. The zero-order chi connectivity index (χ0) is 17.8. The van der Waals surface area contributed by atoms with Crippen molar-refractivity contribution in [3.8, 4) is 11.5 Å². The van der Waals surface area contributed by atoms with Crippen molar-refractivity contribution >= 4 is 23.9 Å². The molecule has 4 heteroatoms. The van der Waals surface area contributed by atoms with Crippen LogP contribution in [0.25, 0.3) is 12.2 Å². The van der Waals surface area contributed by atoms with Gasteiger partial charge in [-0.25, -0.2) is 0 Å². The number of para-hydroxylation sites is 1. The molecule has 0 saturated carbocycles. The average Bonchev–Trinajstić information content (AvgIpc) is 3.11. The van der Waals surface area contributed by atoms with Gasteiger partial charge in [-0.15, -0.1) is 0 Å². The Bertz CT molecular complexity index is 921. The van der Waals surface area contributed by atoms with Crippen LogP contribution >= 0.6 is 11.8 Å². The Hall–Kier alpha value is -2.72. The molecule has 1 aliphatic rings. The van der Waals surface area contributed by atoms with E-state index in [0.717, 1.165) is 28.4 Å². The van der Waals surface area contributed by atoms with Crippen LogP contribution in [-0.2, 0) is 0 Å². The number of rotatable bonds is 5. The molecule has 3 aromatic rings. The van der Waals surface area contributed by atoms with Crippen LogP contribution < -0.4 is 14.0 Å². The van der Waals surface area contributed by atoms with Gasteiger partial charge in [0.1, 0.15) is 17.3 Å². The van der Waals surface area contributed by atoms with Crippen LogP contribution in [0.4, 0.5) is 0 Å². The van der Waals surface area contributed by atoms with Crippen molar-refractivity contribution in [2.45, 2.75) is 11.3 Å². The van der Waals surface area contributed by atoms with Gasteiger partial charge in [-0.1, -0.05) is 42.5 Å². The first kappa shape index (κ1) is 16.7. The van der Waals surface area contributed by atoms with Crippen LogP contribution in [0.1, 0.15) is 17.4 Å². The molecule has 2 aromatic carbocycles. The number of aromatic nitrogens is 1. The smallest absolute Gasteiger partial charge is 0.312 e. The van der Waals surface area contributed by atoms with Crippen LogP contribution in [0.2, 0.25) is 0 Å². The lowest BCUT2D eigenvalue weighted by Gasteiger charge is -2.09.